The van der Waals surface area contributed by atoms with Crippen molar-refractivity contribution in [1.82, 2.24) is 9.80 Å². The maximum Gasteiger partial charge on any atom is 0.289 e. The molecule has 0 N–H and O–H groups in total. The molecule has 1 saturated heterocycles. The summed E-state index contributed by atoms with van der Waals surface area (Å²) in [6, 6.07) is 10.7. The molecule has 1 aromatic carbocycles. The van der Waals surface area contributed by atoms with Crippen molar-refractivity contribution in [3.63, 3.8) is 0 Å². The summed E-state index contributed by atoms with van der Waals surface area (Å²) in [4.78, 5) is 28.4. The molecule has 0 saturated carbocycles. The quantitative estimate of drug-likeness (QED) is 0.740. The first-order valence-electron chi connectivity index (χ1n) is 9.75. The van der Waals surface area contributed by atoms with Crippen LogP contribution in [-0.2, 0) is 6.42 Å². The Morgan fingerprint density at radius 2 is 2.04 bits per heavy atom. The number of likely N-dealkylation sites (tertiary alicyclic amines) is 1. The van der Waals surface area contributed by atoms with Crippen molar-refractivity contribution < 1.29 is 9.21 Å². The van der Waals surface area contributed by atoms with E-state index in [1.807, 2.05) is 12.1 Å². The standard InChI is InChI=1S/C22H27ClN2O3/c1-16-12-20(26)13-21(28-16)22(27)24(2)14-18-4-3-10-25(15-18)11-9-17-5-7-19(23)8-6-17/h5-8,12-13,18H,3-4,9-11,14-15H2,1-2H3/t18-/m1/s1. The minimum atomic E-state index is -0.237. The van der Waals surface area contributed by atoms with Gasteiger partial charge >= 0.3 is 0 Å². The third kappa shape index (κ3) is 5.69. The highest BCUT2D eigenvalue weighted by molar-refractivity contribution is 6.30. The van der Waals surface area contributed by atoms with Gasteiger partial charge in [0.2, 0.25) is 0 Å². The van der Waals surface area contributed by atoms with Crippen molar-refractivity contribution in [2.45, 2.75) is 26.2 Å². The number of amides is 1. The Morgan fingerprint density at radius 1 is 1.29 bits per heavy atom. The minimum absolute atomic E-state index is 0.114. The largest absolute Gasteiger partial charge is 0.456 e. The summed E-state index contributed by atoms with van der Waals surface area (Å²) in [5.74, 6) is 0.752. The van der Waals surface area contributed by atoms with Gasteiger partial charge in [-0.05, 0) is 56.3 Å². The predicted octanol–water partition coefficient (Wildman–Crippen LogP) is 3.63. The smallest absolute Gasteiger partial charge is 0.289 e. The summed E-state index contributed by atoms with van der Waals surface area (Å²) in [5, 5.41) is 0.763. The summed E-state index contributed by atoms with van der Waals surface area (Å²) in [6.45, 7) is 5.41. The number of hydrogen-bond donors (Lipinski definition) is 0. The lowest BCUT2D eigenvalue weighted by molar-refractivity contribution is 0.0695. The molecule has 0 bridgehead atoms. The SMILES string of the molecule is Cc1cc(=O)cc(C(=O)N(C)C[C@H]2CCCN(CCc3ccc(Cl)cc3)C2)o1. The van der Waals surface area contributed by atoms with E-state index in [1.165, 1.54) is 17.7 Å². The Bertz CT molecular complexity index is 863. The Morgan fingerprint density at radius 3 is 2.75 bits per heavy atom. The van der Waals surface area contributed by atoms with Crippen molar-refractivity contribution in [1.29, 1.82) is 0 Å². The highest BCUT2D eigenvalue weighted by atomic mass is 35.5. The van der Waals surface area contributed by atoms with Crippen LogP contribution >= 0.6 is 11.6 Å². The lowest BCUT2D eigenvalue weighted by atomic mass is 9.97. The first-order chi connectivity index (χ1) is 13.4. The number of halogens is 1. The summed E-state index contributed by atoms with van der Waals surface area (Å²) >= 11 is 5.95. The summed E-state index contributed by atoms with van der Waals surface area (Å²) in [5.41, 5.74) is 1.08. The molecule has 1 fully saturated rings. The molecule has 1 aromatic heterocycles. The van der Waals surface area contributed by atoms with E-state index in [2.05, 4.69) is 17.0 Å². The number of nitrogens with zero attached hydrogens (tertiary/aromatic N) is 2. The number of carbonyl (C=O) groups excluding carboxylic acids is 1. The second-order valence-electron chi connectivity index (χ2n) is 7.64. The van der Waals surface area contributed by atoms with Gasteiger partial charge in [0.05, 0.1) is 0 Å². The molecule has 1 aliphatic rings. The number of hydrogen-bond acceptors (Lipinski definition) is 4. The highest BCUT2D eigenvalue weighted by Crippen LogP contribution is 2.19. The fraction of sp³-hybridized carbons (Fsp3) is 0.455. The van der Waals surface area contributed by atoms with Crippen LogP contribution in [0.2, 0.25) is 5.02 Å². The average molecular weight is 403 g/mol. The van der Waals surface area contributed by atoms with Crippen LogP contribution in [0.1, 0.15) is 34.7 Å². The molecular weight excluding hydrogens is 376 g/mol. The molecule has 0 unspecified atom stereocenters. The Balaban J connectivity index is 1.52. The zero-order valence-electron chi connectivity index (χ0n) is 16.5. The monoisotopic (exact) mass is 402 g/mol. The minimum Gasteiger partial charge on any atom is -0.456 e. The van der Waals surface area contributed by atoms with Gasteiger partial charge in [0.15, 0.2) is 11.2 Å². The van der Waals surface area contributed by atoms with Crippen molar-refractivity contribution in [3.05, 3.63) is 68.7 Å². The molecule has 0 radical (unpaired) electrons. The van der Waals surface area contributed by atoms with Gasteiger partial charge in [0.1, 0.15) is 5.76 Å². The van der Waals surface area contributed by atoms with E-state index in [4.69, 9.17) is 16.0 Å². The average Bonchev–Trinajstić information content (AvgIpc) is 2.66. The second kappa shape index (κ2) is 9.39. The second-order valence-corrected chi connectivity index (χ2v) is 8.08. The van der Waals surface area contributed by atoms with Gasteiger partial charge in [-0.15, -0.1) is 0 Å². The van der Waals surface area contributed by atoms with Crippen molar-refractivity contribution in [2.24, 2.45) is 5.92 Å². The van der Waals surface area contributed by atoms with E-state index in [-0.39, 0.29) is 17.1 Å². The van der Waals surface area contributed by atoms with Crippen LogP contribution in [0.25, 0.3) is 0 Å². The zero-order chi connectivity index (χ0) is 20.1. The highest BCUT2D eigenvalue weighted by Gasteiger charge is 2.24. The molecule has 1 atom stereocenters. The molecule has 6 heteroatoms. The van der Waals surface area contributed by atoms with Gasteiger partial charge in [-0.1, -0.05) is 23.7 Å². The molecule has 2 aromatic rings. The van der Waals surface area contributed by atoms with E-state index >= 15 is 0 Å². The van der Waals surface area contributed by atoms with Crippen LogP contribution in [0.5, 0.6) is 0 Å². The molecule has 3 rings (SSSR count). The molecule has 1 aliphatic heterocycles. The van der Waals surface area contributed by atoms with Crippen molar-refractivity contribution in [2.75, 3.05) is 33.2 Å². The summed E-state index contributed by atoms with van der Waals surface area (Å²) in [7, 11) is 1.78. The Hall–Kier alpha value is -2.11. The fourth-order valence-electron chi connectivity index (χ4n) is 3.81. The molecule has 5 nitrogen and oxygen atoms in total. The van der Waals surface area contributed by atoms with Gasteiger partial charge in [0.25, 0.3) is 5.91 Å². The van der Waals surface area contributed by atoms with Gasteiger partial charge < -0.3 is 14.2 Å². The summed E-state index contributed by atoms with van der Waals surface area (Å²) < 4.78 is 5.44. The number of rotatable bonds is 6. The van der Waals surface area contributed by atoms with Crippen LogP contribution in [0.3, 0.4) is 0 Å². The van der Waals surface area contributed by atoms with Crippen molar-refractivity contribution in [3.8, 4) is 0 Å². The third-order valence-electron chi connectivity index (χ3n) is 5.21. The van der Waals surface area contributed by atoms with E-state index in [9.17, 15) is 9.59 Å². The molecular formula is C22H27ClN2O3. The Labute approximate surface area is 170 Å². The maximum absolute atomic E-state index is 12.6. The summed E-state index contributed by atoms with van der Waals surface area (Å²) in [6.07, 6.45) is 3.23. The predicted molar refractivity (Wildman–Crippen MR) is 111 cm³/mol. The van der Waals surface area contributed by atoms with Crippen LogP contribution < -0.4 is 5.43 Å². The number of piperidine rings is 1. The molecule has 1 amide bonds. The van der Waals surface area contributed by atoms with Crippen molar-refractivity contribution >= 4 is 17.5 Å². The number of benzene rings is 1. The number of carbonyl (C=O) groups is 1. The van der Waals surface area contributed by atoms with E-state index < -0.39 is 0 Å². The maximum atomic E-state index is 12.6. The topological polar surface area (TPSA) is 53.8 Å². The first-order valence-corrected chi connectivity index (χ1v) is 10.1. The first kappa shape index (κ1) is 20.6. The van der Waals surface area contributed by atoms with Gasteiger partial charge in [0, 0.05) is 43.8 Å². The van der Waals surface area contributed by atoms with Crippen LogP contribution in [0.4, 0.5) is 0 Å². The van der Waals surface area contributed by atoms with Crippen LogP contribution in [-0.4, -0.2) is 48.9 Å². The van der Waals surface area contributed by atoms with Gasteiger partial charge in [-0.2, -0.15) is 0 Å². The lowest BCUT2D eigenvalue weighted by Gasteiger charge is -2.34. The van der Waals surface area contributed by atoms with Gasteiger partial charge in [-0.25, -0.2) is 0 Å². The molecule has 0 spiro atoms. The molecule has 28 heavy (non-hydrogen) atoms. The lowest BCUT2D eigenvalue weighted by Crippen LogP contribution is -2.42. The fourth-order valence-corrected chi connectivity index (χ4v) is 3.93. The zero-order valence-corrected chi connectivity index (χ0v) is 17.2. The Kier molecular flexibility index (Phi) is 6.92. The molecule has 150 valence electrons. The van der Waals surface area contributed by atoms with E-state index in [0.29, 0.717) is 18.2 Å². The number of aryl methyl sites for hydroxylation is 1. The van der Waals surface area contributed by atoms with E-state index in [1.54, 1.807) is 18.9 Å². The molecule has 0 aliphatic carbocycles. The van der Waals surface area contributed by atoms with Crippen LogP contribution in [0, 0.1) is 12.8 Å². The van der Waals surface area contributed by atoms with E-state index in [0.717, 1.165) is 43.9 Å². The van der Waals surface area contributed by atoms with Crippen LogP contribution in [0.15, 0.2) is 45.6 Å². The molecule has 2 heterocycles. The normalized spacial score (nSPS) is 17.5. The third-order valence-corrected chi connectivity index (χ3v) is 5.46. The van der Waals surface area contributed by atoms with Gasteiger partial charge in [-0.3, -0.25) is 9.59 Å².